The van der Waals surface area contributed by atoms with E-state index in [1.54, 1.807) is 19.2 Å². The number of nitrogens with zero attached hydrogens (tertiary/aromatic N) is 1. The van der Waals surface area contributed by atoms with Gasteiger partial charge < -0.3 is 20.7 Å². The summed E-state index contributed by atoms with van der Waals surface area (Å²) in [5.41, 5.74) is 2.39. The second-order valence-corrected chi connectivity index (χ2v) is 7.80. The van der Waals surface area contributed by atoms with Crippen LogP contribution in [0.15, 0.2) is 47.5 Å². The average molecular weight is 427 g/mol. The summed E-state index contributed by atoms with van der Waals surface area (Å²) < 4.78 is 20.0. The summed E-state index contributed by atoms with van der Waals surface area (Å²) in [7, 11) is 1.68. The van der Waals surface area contributed by atoms with Gasteiger partial charge >= 0.3 is 0 Å². The molecule has 7 heteroatoms. The molecule has 1 amide bonds. The predicted molar refractivity (Wildman–Crippen MR) is 121 cm³/mol. The highest BCUT2D eigenvalue weighted by Crippen LogP contribution is 2.30. The van der Waals surface area contributed by atoms with Crippen molar-refractivity contribution in [1.82, 2.24) is 16.0 Å². The van der Waals surface area contributed by atoms with Gasteiger partial charge in [0.25, 0.3) is 5.91 Å². The first-order chi connectivity index (χ1) is 15.0. The van der Waals surface area contributed by atoms with Gasteiger partial charge in [0.2, 0.25) is 0 Å². The number of amides is 1. The number of halogens is 1. The largest absolute Gasteiger partial charge is 0.490 e. The quantitative estimate of drug-likeness (QED) is 0.421. The molecule has 31 heavy (non-hydrogen) atoms. The van der Waals surface area contributed by atoms with E-state index in [4.69, 9.17) is 4.74 Å². The van der Waals surface area contributed by atoms with Crippen LogP contribution in [0.3, 0.4) is 0 Å². The smallest absolute Gasteiger partial charge is 0.251 e. The molecule has 1 unspecified atom stereocenters. The number of nitrogens with one attached hydrogen (secondary N) is 3. The number of benzene rings is 2. The summed E-state index contributed by atoms with van der Waals surface area (Å²) >= 11 is 0. The van der Waals surface area contributed by atoms with Gasteiger partial charge in [0.15, 0.2) is 17.5 Å². The minimum atomic E-state index is -0.350. The molecule has 0 spiro atoms. The third-order valence-corrected chi connectivity index (χ3v) is 5.19. The first-order valence-corrected chi connectivity index (χ1v) is 10.8. The average Bonchev–Trinajstić information content (AvgIpc) is 3.60. The van der Waals surface area contributed by atoms with Crippen molar-refractivity contribution < 1.29 is 13.9 Å². The maximum Gasteiger partial charge on any atom is 0.251 e. The number of hydrogen-bond donors (Lipinski definition) is 3. The Morgan fingerprint density at radius 1 is 1.23 bits per heavy atom. The minimum Gasteiger partial charge on any atom is -0.490 e. The zero-order chi connectivity index (χ0) is 22.2. The Morgan fingerprint density at radius 2 is 2.03 bits per heavy atom. The molecule has 3 N–H and O–H groups in total. The Morgan fingerprint density at radius 3 is 2.71 bits per heavy atom. The van der Waals surface area contributed by atoms with E-state index in [0.29, 0.717) is 42.9 Å². The summed E-state index contributed by atoms with van der Waals surface area (Å²) in [6.07, 6.45) is 2.34. The Hall–Kier alpha value is -3.09. The summed E-state index contributed by atoms with van der Waals surface area (Å²) in [4.78, 5) is 16.3. The highest BCUT2D eigenvalue weighted by Gasteiger charge is 2.22. The Bertz CT molecular complexity index is 928. The molecule has 0 aromatic heterocycles. The summed E-state index contributed by atoms with van der Waals surface area (Å²) in [5.74, 6) is 1.03. The second kappa shape index (κ2) is 10.8. The molecule has 0 radical (unpaired) electrons. The van der Waals surface area contributed by atoms with Crippen molar-refractivity contribution in [3.63, 3.8) is 0 Å². The maximum absolute atomic E-state index is 14.4. The van der Waals surface area contributed by atoms with Crippen molar-refractivity contribution in [1.29, 1.82) is 0 Å². The van der Waals surface area contributed by atoms with Crippen LogP contribution in [-0.4, -0.2) is 32.1 Å². The van der Waals surface area contributed by atoms with Crippen molar-refractivity contribution >= 4 is 11.9 Å². The predicted octanol–water partition coefficient (Wildman–Crippen LogP) is 3.79. The molecule has 1 fully saturated rings. The van der Waals surface area contributed by atoms with E-state index in [1.807, 2.05) is 38.1 Å². The molecule has 1 aliphatic rings. The Kier molecular flexibility index (Phi) is 7.87. The lowest BCUT2D eigenvalue weighted by molar-refractivity contribution is 0.0955. The van der Waals surface area contributed by atoms with Gasteiger partial charge in [-0.1, -0.05) is 18.2 Å². The van der Waals surface area contributed by atoms with Gasteiger partial charge in [-0.2, -0.15) is 0 Å². The zero-order valence-corrected chi connectivity index (χ0v) is 18.4. The van der Waals surface area contributed by atoms with Crippen LogP contribution >= 0.6 is 0 Å². The molecule has 0 aliphatic heterocycles. The summed E-state index contributed by atoms with van der Waals surface area (Å²) in [5, 5.41) is 9.31. The number of rotatable bonds is 9. The molecule has 0 heterocycles. The number of aliphatic imine (C=N–C) groups is 1. The van der Waals surface area contributed by atoms with E-state index in [-0.39, 0.29) is 17.8 Å². The lowest BCUT2D eigenvalue weighted by Crippen LogP contribution is -2.38. The SMILES string of the molecule is CCNC(=O)c1cccc(CNC(=NC)NC(C)c2ccc(OCC3CC3)c(F)c2)c1. The highest BCUT2D eigenvalue weighted by atomic mass is 19.1. The zero-order valence-electron chi connectivity index (χ0n) is 18.4. The Balaban J connectivity index is 1.55. The molecule has 3 rings (SSSR count). The number of carbonyl (C=O) groups is 1. The van der Waals surface area contributed by atoms with Crippen molar-refractivity contribution in [3.8, 4) is 5.75 Å². The number of carbonyl (C=O) groups excluding carboxylic acids is 1. The number of ether oxygens (including phenoxy) is 1. The van der Waals surface area contributed by atoms with Gasteiger partial charge in [-0.15, -0.1) is 0 Å². The van der Waals surface area contributed by atoms with Crippen molar-refractivity contribution in [2.24, 2.45) is 10.9 Å². The number of guanidine groups is 1. The molecule has 0 bridgehead atoms. The molecule has 166 valence electrons. The molecule has 2 aromatic carbocycles. The standard InChI is InChI=1S/C24H31FN4O2/c1-4-27-23(30)20-7-5-6-18(12-20)14-28-24(26-3)29-16(2)19-10-11-22(21(25)13-19)31-15-17-8-9-17/h5-7,10-13,16-17H,4,8-9,14-15H2,1-3H3,(H,27,30)(H2,26,28,29). The lowest BCUT2D eigenvalue weighted by atomic mass is 10.1. The topological polar surface area (TPSA) is 74.8 Å². The summed E-state index contributed by atoms with van der Waals surface area (Å²) in [6, 6.07) is 12.3. The highest BCUT2D eigenvalue weighted by molar-refractivity contribution is 5.94. The third-order valence-electron chi connectivity index (χ3n) is 5.19. The fourth-order valence-electron chi connectivity index (χ4n) is 3.15. The van der Waals surface area contributed by atoms with Crippen LogP contribution in [-0.2, 0) is 6.54 Å². The molecule has 0 saturated heterocycles. The van der Waals surface area contributed by atoms with Crippen LogP contribution in [0, 0.1) is 11.7 Å². The van der Waals surface area contributed by atoms with Gasteiger partial charge in [-0.25, -0.2) is 4.39 Å². The molecule has 1 aliphatic carbocycles. The molecular formula is C24H31FN4O2. The van der Waals surface area contributed by atoms with Crippen molar-refractivity contribution in [2.45, 2.75) is 39.3 Å². The van der Waals surface area contributed by atoms with E-state index in [2.05, 4.69) is 20.9 Å². The van der Waals surface area contributed by atoms with Gasteiger partial charge in [0.05, 0.1) is 12.6 Å². The molecule has 1 atom stereocenters. The molecule has 2 aromatic rings. The van der Waals surface area contributed by atoms with Gasteiger partial charge in [0, 0.05) is 25.7 Å². The van der Waals surface area contributed by atoms with E-state index in [0.717, 1.165) is 11.1 Å². The van der Waals surface area contributed by atoms with E-state index < -0.39 is 0 Å². The summed E-state index contributed by atoms with van der Waals surface area (Å²) in [6.45, 7) is 5.51. The van der Waals surface area contributed by atoms with Crippen LogP contribution in [0.5, 0.6) is 5.75 Å². The van der Waals surface area contributed by atoms with Crippen LogP contribution in [0.25, 0.3) is 0 Å². The van der Waals surface area contributed by atoms with Gasteiger partial charge in [-0.3, -0.25) is 9.79 Å². The minimum absolute atomic E-state index is 0.0907. The first kappa shape index (κ1) is 22.6. The normalized spacial score (nSPS) is 14.6. The van der Waals surface area contributed by atoms with Gasteiger partial charge in [-0.05, 0) is 68.0 Å². The van der Waals surface area contributed by atoms with E-state index >= 15 is 0 Å². The maximum atomic E-state index is 14.4. The number of hydrogen-bond acceptors (Lipinski definition) is 3. The molecule has 1 saturated carbocycles. The molecular weight excluding hydrogens is 395 g/mol. The second-order valence-electron chi connectivity index (χ2n) is 7.80. The van der Waals surface area contributed by atoms with Crippen LogP contribution in [0.2, 0.25) is 0 Å². The van der Waals surface area contributed by atoms with Crippen LogP contribution in [0.1, 0.15) is 54.2 Å². The lowest BCUT2D eigenvalue weighted by Gasteiger charge is -2.19. The Labute approximate surface area is 183 Å². The third kappa shape index (κ3) is 6.70. The fraction of sp³-hybridized carbons (Fsp3) is 0.417. The van der Waals surface area contributed by atoms with Crippen molar-refractivity contribution in [3.05, 3.63) is 65.0 Å². The van der Waals surface area contributed by atoms with E-state index in [1.165, 1.54) is 18.9 Å². The van der Waals surface area contributed by atoms with Crippen LogP contribution in [0.4, 0.5) is 4.39 Å². The van der Waals surface area contributed by atoms with E-state index in [9.17, 15) is 9.18 Å². The van der Waals surface area contributed by atoms with Crippen molar-refractivity contribution in [2.75, 3.05) is 20.2 Å². The monoisotopic (exact) mass is 426 g/mol. The first-order valence-electron chi connectivity index (χ1n) is 10.8. The molecule has 6 nitrogen and oxygen atoms in total. The van der Waals surface area contributed by atoms with Crippen LogP contribution < -0.4 is 20.7 Å². The van der Waals surface area contributed by atoms with Gasteiger partial charge in [0.1, 0.15) is 0 Å². The fourth-order valence-corrected chi connectivity index (χ4v) is 3.15.